The van der Waals surface area contributed by atoms with Crippen molar-refractivity contribution in [3.63, 3.8) is 0 Å². The van der Waals surface area contributed by atoms with Gasteiger partial charge in [-0.25, -0.2) is 8.78 Å². The molecule has 1 aromatic rings. The Kier molecular flexibility index (Phi) is 13.6. The highest BCUT2D eigenvalue weighted by Gasteiger charge is 2.67. The molecule has 0 radical (unpaired) electrons. The van der Waals surface area contributed by atoms with Crippen LogP contribution in [0.25, 0.3) is 0 Å². The van der Waals surface area contributed by atoms with Crippen LogP contribution in [0.15, 0.2) is 18.2 Å². The van der Waals surface area contributed by atoms with E-state index in [2.05, 4.69) is 18.9 Å². The van der Waals surface area contributed by atoms with Gasteiger partial charge in [0, 0.05) is 5.56 Å². The molecule has 0 fully saturated rings. The molecule has 47 heavy (non-hydrogen) atoms. The molecule has 0 aromatic heterocycles. The van der Waals surface area contributed by atoms with Crippen LogP contribution < -0.4 is 9.47 Å². The number of ether oxygens (including phenoxy) is 6. The van der Waals surface area contributed by atoms with Gasteiger partial charge in [0.15, 0.2) is 22.8 Å². The second-order valence-corrected chi connectivity index (χ2v) is 10.7. The maximum atomic E-state index is 14.4. The highest BCUT2D eigenvalue weighted by molar-refractivity contribution is 6.67. The smallest absolute Gasteiger partial charge is 0.451 e. The van der Waals surface area contributed by atoms with Gasteiger partial charge in [-0.2, -0.15) is 52.7 Å². The summed E-state index contributed by atoms with van der Waals surface area (Å²) in [6.07, 6.45) is -22.8. The SMILES string of the molecule is CC(C)(F)C(F)(F)OC(F)(COCCOc1ccc(C(=O)Cl)cc1OCCOCC(F)(OC(F)(F)C(C)(C)F)C(F)(F)F)C(F)(F)F. The van der Waals surface area contributed by atoms with Crippen molar-refractivity contribution in [2.75, 3.05) is 39.6 Å². The van der Waals surface area contributed by atoms with Crippen molar-refractivity contribution in [2.24, 2.45) is 0 Å². The van der Waals surface area contributed by atoms with Crippen LogP contribution in [0, 0.1) is 0 Å². The van der Waals surface area contributed by atoms with Crippen molar-refractivity contribution >= 4 is 16.8 Å². The van der Waals surface area contributed by atoms with Crippen molar-refractivity contribution in [2.45, 2.75) is 75.3 Å². The molecular weight excluding hydrogens is 714 g/mol. The fourth-order valence-electron chi connectivity index (χ4n) is 2.68. The van der Waals surface area contributed by atoms with Crippen LogP contribution in [-0.4, -0.2) is 92.5 Å². The Morgan fingerprint density at radius 3 is 1.28 bits per heavy atom. The number of halogens is 15. The summed E-state index contributed by atoms with van der Waals surface area (Å²) in [6.45, 7) is -7.47. The molecule has 0 bridgehead atoms. The molecule has 2 atom stereocenters. The standard InChI is InChI=1S/C25H27ClF14O7/c1-18(2,27)24(37,38)46-20(29,22(31,32)33)12-42-7-9-44-15-6-5-14(17(26)41)11-16(15)45-10-8-43-13-21(30,23(34,35)36)47-25(39,40)19(3,4)28/h5-6,11H,7-10,12-13H2,1-4H3. The van der Waals surface area contributed by atoms with E-state index < -0.39 is 98.3 Å². The summed E-state index contributed by atoms with van der Waals surface area (Å²) < 4.78 is 214. The summed E-state index contributed by atoms with van der Waals surface area (Å²) >= 11 is 5.34. The highest BCUT2D eigenvalue weighted by atomic mass is 35.5. The Morgan fingerprint density at radius 1 is 0.596 bits per heavy atom. The van der Waals surface area contributed by atoms with E-state index in [0.717, 1.165) is 18.2 Å². The van der Waals surface area contributed by atoms with E-state index in [9.17, 15) is 66.3 Å². The molecule has 1 aromatic carbocycles. The van der Waals surface area contributed by atoms with Crippen LogP contribution in [-0.2, 0) is 18.9 Å². The van der Waals surface area contributed by atoms with Gasteiger partial charge in [-0.15, -0.1) is 0 Å². The Bertz CT molecular complexity index is 1180. The lowest BCUT2D eigenvalue weighted by molar-refractivity contribution is -0.439. The van der Waals surface area contributed by atoms with Crippen LogP contribution in [0.5, 0.6) is 11.5 Å². The number of hydrogen-bond donors (Lipinski definition) is 0. The van der Waals surface area contributed by atoms with Gasteiger partial charge in [-0.05, 0) is 57.5 Å². The number of benzene rings is 1. The minimum Gasteiger partial charge on any atom is -0.487 e. The molecule has 0 heterocycles. The predicted octanol–water partition coefficient (Wildman–Crippen LogP) is 8.03. The van der Waals surface area contributed by atoms with Crippen molar-refractivity contribution in [1.82, 2.24) is 0 Å². The molecular formula is C25H27ClF14O7. The number of carbonyl (C=O) groups excluding carboxylic acids is 1. The average Bonchev–Trinajstić information content (AvgIpc) is 2.85. The molecule has 0 N–H and O–H groups in total. The molecule has 1 rings (SSSR count). The normalized spacial score (nSPS) is 16.4. The number of carbonyl (C=O) groups is 1. The Morgan fingerprint density at radius 2 is 0.957 bits per heavy atom. The first-order chi connectivity index (χ1) is 20.9. The lowest BCUT2D eigenvalue weighted by Crippen LogP contribution is -2.56. The second kappa shape index (κ2) is 15.0. The third-order valence-corrected chi connectivity index (χ3v) is 5.75. The molecule has 0 aliphatic carbocycles. The maximum absolute atomic E-state index is 14.4. The van der Waals surface area contributed by atoms with Gasteiger partial charge >= 0.3 is 36.3 Å². The van der Waals surface area contributed by atoms with Gasteiger partial charge < -0.3 is 18.9 Å². The molecule has 0 aliphatic heterocycles. The number of rotatable bonds is 19. The first-order valence-corrected chi connectivity index (χ1v) is 13.1. The summed E-state index contributed by atoms with van der Waals surface area (Å²) in [6, 6.07) is 2.86. The Balaban J connectivity index is 2.89. The van der Waals surface area contributed by atoms with Crippen molar-refractivity contribution in [3.05, 3.63) is 23.8 Å². The van der Waals surface area contributed by atoms with E-state index in [1.54, 1.807) is 0 Å². The largest absolute Gasteiger partial charge is 0.487 e. The van der Waals surface area contributed by atoms with Crippen LogP contribution in [0.2, 0.25) is 0 Å². The number of hydrogen-bond acceptors (Lipinski definition) is 7. The molecule has 22 heteroatoms. The van der Waals surface area contributed by atoms with E-state index in [-0.39, 0.29) is 39.0 Å². The minimum atomic E-state index is -6.13. The van der Waals surface area contributed by atoms with Gasteiger partial charge in [-0.3, -0.25) is 14.3 Å². The molecule has 7 nitrogen and oxygen atoms in total. The third-order valence-electron chi connectivity index (χ3n) is 5.53. The van der Waals surface area contributed by atoms with Gasteiger partial charge in [0.1, 0.15) is 26.4 Å². The lowest BCUT2D eigenvalue weighted by Gasteiger charge is -2.34. The average molecular weight is 741 g/mol. The van der Waals surface area contributed by atoms with Gasteiger partial charge in [0.2, 0.25) is 0 Å². The van der Waals surface area contributed by atoms with E-state index in [1.807, 2.05) is 0 Å². The van der Waals surface area contributed by atoms with Gasteiger partial charge in [0.25, 0.3) is 5.24 Å². The summed E-state index contributed by atoms with van der Waals surface area (Å²) in [5.74, 6) is -11.2. The van der Waals surface area contributed by atoms with Crippen LogP contribution in [0.4, 0.5) is 61.5 Å². The topological polar surface area (TPSA) is 72.5 Å². The maximum Gasteiger partial charge on any atom is 0.451 e. The zero-order chi connectivity index (χ0) is 36.9. The Hall–Kier alpha value is -2.36. The fourth-order valence-corrected chi connectivity index (χ4v) is 2.80. The number of alkyl halides is 14. The van der Waals surface area contributed by atoms with Crippen molar-refractivity contribution in [3.8, 4) is 11.5 Å². The predicted molar refractivity (Wildman–Crippen MR) is 131 cm³/mol. The van der Waals surface area contributed by atoms with E-state index in [0.29, 0.717) is 0 Å². The summed E-state index contributed by atoms with van der Waals surface area (Å²) in [5, 5.41) is -1.08. The Labute approximate surface area is 262 Å². The van der Waals surface area contributed by atoms with E-state index in [1.165, 1.54) is 0 Å². The van der Waals surface area contributed by atoms with Gasteiger partial charge in [0.05, 0.1) is 13.2 Å². The summed E-state index contributed by atoms with van der Waals surface area (Å²) in [4.78, 5) is 11.5. The third kappa shape index (κ3) is 11.6. The quantitative estimate of drug-likeness (QED) is 0.0809. The molecule has 0 amide bonds. The van der Waals surface area contributed by atoms with Crippen molar-refractivity contribution in [1.29, 1.82) is 0 Å². The monoisotopic (exact) mass is 740 g/mol. The molecule has 274 valence electrons. The molecule has 0 saturated heterocycles. The molecule has 0 spiro atoms. The molecule has 0 aliphatic rings. The van der Waals surface area contributed by atoms with E-state index >= 15 is 0 Å². The first-order valence-electron chi connectivity index (χ1n) is 12.7. The van der Waals surface area contributed by atoms with E-state index in [4.69, 9.17) is 21.1 Å². The van der Waals surface area contributed by atoms with Gasteiger partial charge in [-0.1, -0.05) is 0 Å². The molecule has 0 saturated carbocycles. The lowest BCUT2D eigenvalue weighted by atomic mass is 10.1. The second-order valence-electron chi connectivity index (χ2n) is 10.4. The van der Waals surface area contributed by atoms with Crippen LogP contribution >= 0.6 is 11.6 Å². The summed E-state index contributed by atoms with van der Waals surface area (Å²) in [5.41, 5.74) is -7.76. The fraction of sp³-hybridized carbons (Fsp3) is 0.720. The highest BCUT2D eigenvalue weighted by Crippen LogP contribution is 2.45. The van der Waals surface area contributed by atoms with Crippen molar-refractivity contribution < 1.29 is 94.7 Å². The van der Waals surface area contributed by atoms with Crippen LogP contribution in [0.3, 0.4) is 0 Å². The van der Waals surface area contributed by atoms with Crippen LogP contribution in [0.1, 0.15) is 38.1 Å². The molecule has 2 unspecified atom stereocenters. The zero-order valence-electron chi connectivity index (χ0n) is 24.5. The minimum absolute atomic E-state index is 0.131. The first kappa shape index (κ1) is 42.7. The summed E-state index contributed by atoms with van der Waals surface area (Å²) in [7, 11) is 0. The zero-order valence-corrected chi connectivity index (χ0v) is 25.3.